The van der Waals surface area contributed by atoms with Crippen LogP contribution in [0, 0.1) is 6.92 Å². The minimum Gasteiger partial charge on any atom is -0.471 e. The smallest absolute Gasteiger partial charge is 0.282 e. The summed E-state index contributed by atoms with van der Waals surface area (Å²) in [5.74, 6) is 0.481. The van der Waals surface area contributed by atoms with Crippen LogP contribution in [0.25, 0.3) is 10.2 Å². The first-order valence-electron chi connectivity index (χ1n) is 8.31. The van der Waals surface area contributed by atoms with E-state index in [0.29, 0.717) is 17.4 Å². The summed E-state index contributed by atoms with van der Waals surface area (Å²) in [5.41, 5.74) is 1.72. The van der Waals surface area contributed by atoms with Gasteiger partial charge in [0.1, 0.15) is 6.10 Å². The lowest BCUT2D eigenvalue weighted by molar-refractivity contribution is 0.0525. The molecular weight excluding hydrogens is 336 g/mol. The molecule has 0 spiro atoms. The van der Waals surface area contributed by atoms with Crippen LogP contribution < -0.4 is 4.74 Å². The van der Waals surface area contributed by atoms with E-state index in [1.807, 2.05) is 48.2 Å². The molecule has 4 rings (SSSR count). The number of para-hydroxylation sites is 1. The Labute approximate surface area is 149 Å². The molecule has 2 aromatic heterocycles. The van der Waals surface area contributed by atoms with Crippen molar-refractivity contribution in [3.63, 3.8) is 0 Å². The van der Waals surface area contributed by atoms with Gasteiger partial charge in [-0.25, -0.2) is 4.98 Å². The van der Waals surface area contributed by atoms with Crippen molar-refractivity contribution in [1.82, 2.24) is 20.1 Å². The van der Waals surface area contributed by atoms with E-state index in [9.17, 15) is 4.79 Å². The highest BCUT2D eigenvalue weighted by Gasteiger charge is 2.27. The summed E-state index contributed by atoms with van der Waals surface area (Å²) in [6, 6.07) is 11.5. The van der Waals surface area contributed by atoms with Crippen LogP contribution >= 0.6 is 11.3 Å². The highest BCUT2D eigenvalue weighted by atomic mass is 32.1. The average Bonchev–Trinajstić information content (AvgIpc) is 3.07. The van der Waals surface area contributed by atoms with Crippen LogP contribution in [0.2, 0.25) is 0 Å². The number of nitrogens with zero attached hydrogens (tertiary/aromatic N) is 4. The van der Waals surface area contributed by atoms with Crippen molar-refractivity contribution in [2.45, 2.75) is 25.9 Å². The number of piperidine rings is 1. The van der Waals surface area contributed by atoms with E-state index in [2.05, 4.69) is 15.2 Å². The zero-order valence-corrected chi connectivity index (χ0v) is 14.7. The van der Waals surface area contributed by atoms with Crippen LogP contribution in [-0.4, -0.2) is 45.2 Å². The van der Waals surface area contributed by atoms with Gasteiger partial charge in [0.15, 0.2) is 5.01 Å². The number of likely N-dealkylation sites (tertiary alicyclic amines) is 1. The van der Waals surface area contributed by atoms with Crippen molar-refractivity contribution >= 4 is 27.5 Å². The van der Waals surface area contributed by atoms with Gasteiger partial charge in [-0.1, -0.05) is 12.1 Å². The maximum atomic E-state index is 12.8. The van der Waals surface area contributed by atoms with Gasteiger partial charge in [-0.2, -0.15) is 5.10 Å². The van der Waals surface area contributed by atoms with E-state index in [4.69, 9.17) is 4.74 Å². The lowest BCUT2D eigenvalue weighted by Gasteiger charge is -2.32. The number of carbonyl (C=O) groups excluding carboxylic acids is 1. The topological polar surface area (TPSA) is 68.2 Å². The molecule has 1 amide bonds. The summed E-state index contributed by atoms with van der Waals surface area (Å²) in [7, 11) is 0. The molecule has 128 valence electrons. The summed E-state index contributed by atoms with van der Waals surface area (Å²) >= 11 is 1.44. The zero-order valence-electron chi connectivity index (χ0n) is 13.9. The molecule has 1 aliphatic rings. The van der Waals surface area contributed by atoms with Crippen LogP contribution in [0.1, 0.15) is 28.3 Å². The summed E-state index contributed by atoms with van der Waals surface area (Å²) in [4.78, 5) is 19.1. The first-order chi connectivity index (χ1) is 12.2. The molecule has 1 aromatic carbocycles. The van der Waals surface area contributed by atoms with Crippen LogP contribution in [0.3, 0.4) is 0 Å². The summed E-state index contributed by atoms with van der Waals surface area (Å²) in [6.45, 7) is 3.16. The van der Waals surface area contributed by atoms with Gasteiger partial charge in [-0.3, -0.25) is 4.79 Å². The van der Waals surface area contributed by atoms with E-state index >= 15 is 0 Å². The first kappa shape index (κ1) is 16.0. The van der Waals surface area contributed by atoms with Crippen molar-refractivity contribution in [2.24, 2.45) is 0 Å². The van der Waals surface area contributed by atoms with E-state index in [1.165, 1.54) is 11.3 Å². The van der Waals surface area contributed by atoms with Gasteiger partial charge < -0.3 is 9.64 Å². The molecule has 1 fully saturated rings. The Balaban J connectivity index is 1.46. The van der Waals surface area contributed by atoms with Gasteiger partial charge in [-0.05, 0) is 38.0 Å². The number of ether oxygens (including phenoxy) is 1. The number of aryl methyl sites for hydroxylation is 1. The quantitative estimate of drug-likeness (QED) is 0.723. The molecule has 0 bridgehead atoms. The molecule has 1 saturated heterocycles. The molecule has 0 aliphatic carbocycles. The Hall–Kier alpha value is -2.54. The highest BCUT2D eigenvalue weighted by Crippen LogP contribution is 2.24. The molecule has 25 heavy (non-hydrogen) atoms. The normalized spacial score (nSPS) is 17.6. The first-order valence-corrected chi connectivity index (χ1v) is 9.12. The van der Waals surface area contributed by atoms with Gasteiger partial charge in [0, 0.05) is 12.6 Å². The van der Waals surface area contributed by atoms with Crippen molar-refractivity contribution < 1.29 is 9.53 Å². The van der Waals surface area contributed by atoms with E-state index in [1.54, 1.807) is 0 Å². The monoisotopic (exact) mass is 354 g/mol. The molecule has 3 aromatic rings. The van der Waals surface area contributed by atoms with Gasteiger partial charge in [0.05, 0.1) is 22.5 Å². The molecule has 7 heteroatoms. The van der Waals surface area contributed by atoms with Crippen LogP contribution in [0.4, 0.5) is 0 Å². The molecule has 1 atom stereocenters. The van der Waals surface area contributed by atoms with E-state index in [-0.39, 0.29) is 12.0 Å². The standard InChI is InChI=1S/C18H18N4O2S/c1-12-8-9-16(21-20-12)24-13-5-4-10-22(11-13)18(23)17-19-14-6-2-3-7-15(14)25-17/h2-3,6-9,13H,4-5,10-11H2,1H3. The summed E-state index contributed by atoms with van der Waals surface area (Å²) in [5, 5.41) is 8.59. The maximum Gasteiger partial charge on any atom is 0.282 e. The van der Waals surface area contributed by atoms with Crippen LogP contribution in [0.15, 0.2) is 36.4 Å². The van der Waals surface area contributed by atoms with Gasteiger partial charge >= 0.3 is 0 Å². The number of amides is 1. The van der Waals surface area contributed by atoms with Crippen LogP contribution in [0.5, 0.6) is 5.88 Å². The highest BCUT2D eigenvalue weighted by molar-refractivity contribution is 7.20. The van der Waals surface area contributed by atoms with E-state index in [0.717, 1.165) is 35.3 Å². The molecule has 0 saturated carbocycles. The van der Waals surface area contributed by atoms with Crippen molar-refractivity contribution in [3.8, 4) is 5.88 Å². The maximum absolute atomic E-state index is 12.8. The van der Waals surface area contributed by atoms with Gasteiger partial charge in [0.25, 0.3) is 5.91 Å². The number of benzene rings is 1. The lowest BCUT2D eigenvalue weighted by Crippen LogP contribution is -2.44. The van der Waals surface area contributed by atoms with Gasteiger partial charge in [-0.15, -0.1) is 16.4 Å². The third kappa shape index (κ3) is 3.46. The molecular formula is C18H18N4O2S. The van der Waals surface area contributed by atoms with E-state index < -0.39 is 0 Å². The van der Waals surface area contributed by atoms with Crippen LogP contribution in [-0.2, 0) is 0 Å². The Bertz CT molecular complexity index is 860. The predicted octanol–water partition coefficient (Wildman–Crippen LogP) is 3.08. The average molecular weight is 354 g/mol. The predicted molar refractivity (Wildman–Crippen MR) is 95.9 cm³/mol. The minimum absolute atomic E-state index is 0.0236. The molecule has 6 nitrogen and oxygen atoms in total. The lowest BCUT2D eigenvalue weighted by atomic mass is 10.1. The SMILES string of the molecule is Cc1ccc(OC2CCCN(C(=O)c3nc4ccccc4s3)C2)nn1. The summed E-state index contributed by atoms with van der Waals surface area (Å²) < 4.78 is 6.93. The fourth-order valence-corrected chi connectivity index (χ4v) is 3.87. The number of hydrogen-bond donors (Lipinski definition) is 0. The second-order valence-electron chi connectivity index (χ2n) is 6.13. The Kier molecular flexibility index (Phi) is 4.31. The molecule has 3 heterocycles. The number of aromatic nitrogens is 3. The summed E-state index contributed by atoms with van der Waals surface area (Å²) in [6.07, 6.45) is 1.74. The minimum atomic E-state index is -0.0657. The Morgan fingerprint density at radius 2 is 2.12 bits per heavy atom. The fourth-order valence-electron chi connectivity index (χ4n) is 2.94. The second kappa shape index (κ2) is 6.76. The number of thiazole rings is 1. The largest absolute Gasteiger partial charge is 0.471 e. The number of fused-ring (bicyclic) bond motifs is 1. The molecule has 1 aliphatic heterocycles. The fraction of sp³-hybridized carbons (Fsp3) is 0.333. The van der Waals surface area contributed by atoms with Crippen molar-refractivity contribution in [3.05, 3.63) is 47.1 Å². The number of carbonyl (C=O) groups is 1. The zero-order chi connectivity index (χ0) is 17.2. The molecule has 0 N–H and O–H groups in total. The molecule has 1 unspecified atom stereocenters. The van der Waals surface area contributed by atoms with Gasteiger partial charge in [0.2, 0.25) is 5.88 Å². The Morgan fingerprint density at radius 3 is 2.92 bits per heavy atom. The van der Waals surface area contributed by atoms with Crippen molar-refractivity contribution in [2.75, 3.05) is 13.1 Å². The third-order valence-electron chi connectivity index (χ3n) is 4.20. The number of hydrogen-bond acceptors (Lipinski definition) is 6. The second-order valence-corrected chi connectivity index (χ2v) is 7.16. The van der Waals surface area contributed by atoms with Crippen molar-refractivity contribution in [1.29, 1.82) is 0 Å². The Morgan fingerprint density at radius 1 is 1.24 bits per heavy atom. The molecule has 0 radical (unpaired) electrons. The third-order valence-corrected chi connectivity index (χ3v) is 5.23. The number of rotatable bonds is 3.